The van der Waals surface area contributed by atoms with Crippen LogP contribution in [0.25, 0.3) is 0 Å². The van der Waals surface area contributed by atoms with Gasteiger partial charge in [0.15, 0.2) is 5.96 Å². The fourth-order valence-corrected chi connectivity index (χ4v) is 3.37. The number of guanidine groups is 1. The highest BCUT2D eigenvalue weighted by molar-refractivity contribution is 7.97. The third kappa shape index (κ3) is 5.72. The third-order valence-corrected chi connectivity index (χ3v) is 4.75. The molecule has 1 heterocycles. The second-order valence-electron chi connectivity index (χ2n) is 5.99. The van der Waals surface area contributed by atoms with Gasteiger partial charge in [0.05, 0.1) is 0 Å². The number of imide groups is 1. The van der Waals surface area contributed by atoms with Crippen LogP contribution in [0.5, 0.6) is 0 Å². The van der Waals surface area contributed by atoms with Crippen molar-refractivity contribution in [3.05, 3.63) is 35.1 Å². The quantitative estimate of drug-likeness (QED) is 0.429. The molecule has 2 N–H and O–H groups in total. The molecule has 0 spiro atoms. The average molecular weight is 380 g/mol. The number of carbonyl (C=O) groups is 2. The minimum atomic E-state index is -0.240. The third-order valence-electron chi connectivity index (χ3n) is 4.15. The summed E-state index contributed by atoms with van der Waals surface area (Å²) in [6.45, 7) is 1.27. The van der Waals surface area contributed by atoms with Crippen LogP contribution in [0.3, 0.4) is 0 Å². The lowest BCUT2D eigenvalue weighted by Gasteiger charge is -2.25. The maximum Gasteiger partial charge on any atom is 0.229 e. The molecule has 1 aromatic rings. The monoisotopic (exact) mass is 380 g/mol. The SMILES string of the molecule is CN=C(NCCN1C(=O)CCCC1=O)NCc1ccc(F)cc1CSC. The number of nitrogens with one attached hydrogen (secondary N) is 2. The van der Waals surface area contributed by atoms with Crippen molar-refractivity contribution in [3.63, 3.8) is 0 Å². The number of halogens is 1. The Hall–Kier alpha value is -2.09. The summed E-state index contributed by atoms with van der Waals surface area (Å²) in [5, 5.41) is 6.29. The summed E-state index contributed by atoms with van der Waals surface area (Å²) in [6, 6.07) is 4.77. The van der Waals surface area contributed by atoms with Crippen molar-refractivity contribution in [3.8, 4) is 0 Å². The highest BCUT2D eigenvalue weighted by Gasteiger charge is 2.25. The average Bonchev–Trinajstić information content (AvgIpc) is 2.62. The molecule has 8 heteroatoms. The Labute approximate surface area is 157 Å². The van der Waals surface area contributed by atoms with Gasteiger partial charge in [0.25, 0.3) is 0 Å². The molecule has 142 valence electrons. The highest BCUT2D eigenvalue weighted by atomic mass is 32.2. The van der Waals surface area contributed by atoms with Crippen LogP contribution in [0.4, 0.5) is 4.39 Å². The largest absolute Gasteiger partial charge is 0.355 e. The Kier molecular flexibility index (Phi) is 7.90. The second-order valence-corrected chi connectivity index (χ2v) is 6.86. The summed E-state index contributed by atoms with van der Waals surface area (Å²) >= 11 is 1.64. The number of hydrogen-bond donors (Lipinski definition) is 2. The molecule has 2 amide bonds. The molecule has 0 atom stereocenters. The van der Waals surface area contributed by atoms with E-state index in [1.165, 1.54) is 11.0 Å². The predicted octanol–water partition coefficient (Wildman–Crippen LogP) is 1.89. The van der Waals surface area contributed by atoms with Crippen LogP contribution >= 0.6 is 11.8 Å². The first-order valence-corrected chi connectivity index (χ1v) is 9.98. The zero-order chi connectivity index (χ0) is 18.9. The summed E-state index contributed by atoms with van der Waals surface area (Å²) in [6.07, 6.45) is 3.48. The van der Waals surface area contributed by atoms with Crippen LogP contribution in [-0.2, 0) is 21.9 Å². The van der Waals surface area contributed by atoms with Crippen molar-refractivity contribution in [1.82, 2.24) is 15.5 Å². The van der Waals surface area contributed by atoms with Gasteiger partial charge in [0, 0.05) is 45.3 Å². The van der Waals surface area contributed by atoms with E-state index in [2.05, 4.69) is 15.6 Å². The number of carbonyl (C=O) groups excluding carboxylic acids is 2. The lowest BCUT2D eigenvalue weighted by molar-refractivity contribution is -0.147. The molecule has 0 radical (unpaired) electrons. The molecule has 6 nitrogen and oxygen atoms in total. The standard InChI is InChI=1S/C18H25FN4O2S/c1-20-18(21-8-9-23-16(24)4-3-5-17(23)25)22-11-13-6-7-15(19)10-14(13)12-26-2/h6-7,10H,3-5,8-9,11-12H2,1-2H3,(H2,20,21,22). The summed E-state index contributed by atoms with van der Waals surface area (Å²) in [4.78, 5) is 29.0. The Morgan fingerprint density at radius 2 is 1.96 bits per heavy atom. The van der Waals surface area contributed by atoms with Gasteiger partial charge in [-0.3, -0.25) is 19.5 Å². The maximum absolute atomic E-state index is 13.4. The van der Waals surface area contributed by atoms with E-state index in [1.54, 1.807) is 30.9 Å². The number of nitrogens with zero attached hydrogens (tertiary/aromatic N) is 2. The first-order valence-electron chi connectivity index (χ1n) is 8.59. The molecule has 0 bridgehead atoms. The number of amides is 2. The fourth-order valence-electron chi connectivity index (χ4n) is 2.79. The molecule has 26 heavy (non-hydrogen) atoms. The molecule has 2 rings (SSSR count). The van der Waals surface area contributed by atoms with Crippen LogP contribution < -0.4 is 10.6 Å². The Morgan fingerprint density at radius 1 is 1.23 bits per heavy atom. The molecule has 0 aromatic heterocycles. The minimum absolute atomic E-state index is 0.112. The maximum atomic E-state index is 13.4. The molecular formula is C18H25FN4O2S. The number of thioether (sulfide) groups is 1. The number of hydrogen-bond acceptors (Lipinski definition) is 4. The number of aliphatic imine (C=N–C) groups is 1. The minimum Gasteiger partial charge on any atom is -0.355 e. The van der Waals surface area contributed by atoms with E-state index in [0.29, 0.717) is 44.9 Å². The van der Waals surface area contributed by atoms with Gasteiger partial charge in [-0.2, -0.15) is 11.8 Å². The molecule has 0 aliphatic carbocycles. The van der Waals surface area contributed by atoms with E-state index in [4.69, 9.17) is 0 Å². The topological polar surface area (TPSA) is 73.8 Å². The number of likely N-dealkylation sites (tertiary alicyclic amines) is 1. The summed E-state index contributed by atoms with van der Waals surface area (Å²) in [5.41, 5.74) is 1.95. The molecule has 0 unspecified atom stereocenters. The molecular weight excluding hydrogens is 355 g/mol. The molecule has 1 aromatic carbocycles. The van der Waals surface area contributed by atoms with E-state index in [0.717, 1.165) is 16.9 Å². The van der Waals surface area contributed by atoms with E-state index >= 15 is 0 Å². The molecule has 1 saturated heterocycles. The predicted molar refractivity (Wildman–Crippen MR) is 102 cm³/mol. The van der Waals surface area contributed by atoms with Gasteiger partial charge in [0.2, 0.25) is 11.8 Å². The van der Waals surface area contributed by atoms with Gasteiger partial charge in [-0.05, 0) is 35.9 Å². The van der Waals surface area contributed by atoms with Crippen molar-refractivity contribution < 1.29 is 14.0 Å². The Bertz CT molecular complexity index is 665. The van der Waals surface area contributed by atoms with Crippen LogP contribution in [0.1, 0.15) is 30.4 Å². The summed E-state index contributed by atoms with van der Waals surface area (Å²) in [5.74, 6) is 0.843. The van der Waals surface area contributed by atoms with Crippen LogP contribution in [0.2, 0.25) is 0 Å². The van der Waals surface area contributed by atoms with Crippen molar-refractivity contribution in [2.75, 3.05) is 26.4 Å². The zero-order valence-corrected chi connectivity index (χ0v) is 16.0. The smallest absolute Gasteiger partial charge is 0.229 e. The first kappa shape index (κ1) is 20.2. The lowest BCUT2D eigenvalue weighted by atomic mass is 10.1. The van der Waals surface area contributed by atoms with Gasteiger partial charge >= 0.3 is 0 Å². The number of piperidine rings is 1. The van der Waals surface area contributed by atoms with E-state index in [9.17, 15) is 14.0 Å². The van der Waals surface area contributed by atoms with Gasteiger partial charge in [-0.1, -0.05) is 6.07 Å². The van der Waals surface area contributed by atoms with Gasteiger partial charge < -0.3 is 10.6 Å². The Balaban J connectivity index is 1.84. The molecule has 1 aliphatic heterocycles. The van der Waals surface area contributed by atoms with Gasteiger partial charge in [-0.25, -0.2) is 4.39 Å². The molecule has 1 fully saturated rings. The number of rotatable bonds is 7. The van der Waals surface area contributed by atoms with Crippen LogP contribution in [0.15, 0.2) is 23.2 Å². The van der Waals surface area contributed by atoms with Crippen molar-refractivity contribution in [1.29, 1.82) is 0 Å². The second kappa shape index (κ2) is 10.2. The van der Waals surface area contributed by atoms with E-state index in [-0.39, 0.29) is 17.6 Å². The Morgan fingerprint density at radius 3 is 2.62 bits per heavy atom. The van der Waals surface area contributed by atoms with Crippen LogP contribution in [0, 0.1) is 5.82 Å². The molecule has 1 aliphatic rings. The zero-order valence-electron chi connectivity index (χ0n) is 15.2. The van der Waals surface area contributed by atoms with Crippen molar-refractivity contribution in [2.45, 2.75) is 31.6 Å². The first-order chi connectivity index (χ1) is 12.5. The summed E-state index contributed by atoms with van der Waals surface area (Å²) in [7, 11) is 1.65. The van der Waals surface area contributed by atoms with Gasteiger partial charge in [-0.15, -0.1) is 0 Å². The summed E-state index contributed by atoms with van der Waals surface area (Å²) < 4.78 is 13.4. The molecule has 0 saturated carbocycles. The van der Waals surface area contributed by atoms with E-state index in [1.807, 2.05) is 6.26 Å². The van der Waals surface area contributed by atoms with Crippen LogP contribution in [-0.4, -0.2) is 49.1 Å². The van der Waals surface area contributed by atoms with E-state index < -0.39 is 0 Å². The van der Waals surface area contributed by atoms with Crippen molar-refractivity contribution >= 4 is 29.5 Å². The van der Waals surface area contributed by atoms with Gasteiger partial charge in [0.1, 0.15) is 5.82 Å². The normalized spacial score (nSPS) is 15.3. The highest BCUT2D eigenvalue weighted by Crippen LogP contribution is 2.16. The van der Waals surface area contributed by atoms with Crippen molar-refractivity contribution in [2.24, 2.45) is 4.99 Å². The number of benzene rings is 1. The fraction of sp³-hybridized carbons (Fsp3) is 0.500. The lowest BCUT2D eigenvalue weighted by Crippen LogP contribution is -2.46.